The number of carbonyl (C=O) groups excluding carboxylic acids is 1. The summed E-state index contributed by atoms with van der Waals surface area (Å²) in [5.74, 6) is -0.0804. The highest BCUT2D eigenvalue weighted by atomic mass is 19.4. The van der Waals surface area contributed by atoms with Gasteiger partial charge in [0, 0.05) is 6.07 Å². The number of nitrogens with zero attached hydrogens (tertiary/aromatic N) is 1. The Morgan fingerprint density at radius 1 is 1.45 bits per heavy atom. The summed E-state index contributed by atoms with van der Waals surface area (Å²) < 4.78 is 44.2. The highest BCUT2D eigenvalue weighted by molar-refractivity contribution is 5.87. The summed E-state index contributed by atoms with van der Waals surface area (Å²) in [7, 11) is 1.19. The third-order valence-electron chi connectivity index (χ3n) is 2.00. The molecule has 0 saturated heterocycles. The SMILES string of the molecule is COc1cc([N+](=O)[O-])ccc1NC(=O)OCC(F)(F)F. The van der Waals surface area contributed by atoms with Gasteiger partial charge in [-0.15, -0.1) is 0 Å². The number of amides is 1. The van der Waals surface area contributed by atoms with Crippen molar-refractivity contribution in [3.8, 4) is 5.75 Å². The number of ether oxygens (including phenoxy) is 2. The van der Waals surface area contributed by atoms with E-state index in [0.717, 1.165) is 18.2 Å². The highest BCUT2D eigenvalue weighted by Crippen LogP contribution is 2.29. The molecule has 1 aromatic carbocycles. The maximum absolute atomic E-state index is 11.8. The molecule has 0 saturated carbocycles. The smallest absolute Gasteiger partial charge is 0.422 e. The number of alkyl halides is 3. The minimum atomic E-state index is -4.64. The van der Waals surface area contributed by atoms with Crippen LogP contribution in [0.1, 0.15) is 0 Å². The number of hydrogen-bond acceptors (Lipinski definition) is 5. The quantitative estimate of drug-likeness (QED) is 0.681. The summed E-state index contributed by atoms with van der Waals surface area (Å²) in [4.78, 5) is 21.0. The van der Waals surface area contributed by atoms with Gasteiger partial charge < -0.3 is 9.47 Å². The molecule has 0 heterocycles. The van der Waals surface area contributed by atoms with Crippen molar-refractivity contribution < 1.29 is 32.4 Å². The van der Waals surface area contributed by atoms with Crippen molar-refractivity contribution in [1.29, 1.82) is 0 Å². The minimum absolute atomic E-state index is 0.0507. The van der Waals surface area contributed by atoms with Gasteiger partial charge in [0.2, 0.25) is 0 Å². The van der Waals surface area contributed by atoms with E-state index in [1.54, 1.807) is 0 Å². The zero-order chi connectivity index (χ0) is 15.3. The molecular formula is C10H9F3N2O5. The van der Waals surface area contributed by atoms with Crippen molar-refractivity contribution in [2.75, 3.05) is 19.0 Å². The van der Waals surface area contributed by atoms with Gasteiger partial charge in [-0.05, 0) is 6.07 Å². The van der Waals surface area contributed by atoms with Gasteiger partial charge in [-0.3, -0.25) is 15.4 Å². The summed E-state index contributed by atoms with van der Waals surface area (Å²) in [5, 5.41) is 12.5. The number of halogens is 3. The van der Waals surface area contributed by atoms with Crippen LogP contribution >= 0.6 is 0 Å². The summed E-state index contributed by atoms with van der Waals surface area (Å²) in [6, 6.07) is 3.19. The molecule has 0 spiro atoms. The van der Waals surface area contributed by atoms with Crippen molar-refractivity contribution in [3.05, 3.63) is 28.3 Å². The standard InChI is InChI=1S/C10H9F3N2O5/c1-19-8-4-6(15(17)18)2-3-7(8)14-9(16)20-5-10(11,12)13/h2-4H,5H2,1H3,(H,14,16). The largest absolute Gasteiger partial charge is 0.494 e. The van der Waals surface area contributed by atoms with E-state index in [2.05, 4.69) is 4.74 Å². The molecule has 0 aliphatic rings. The molecule has 0 atom stereocenters. The number of nitro benzene ring substituents is 1. The van der Waals surface area contributed by atoms with Gasteiger partial charge in [-0.2, -0.15) is 13.2 Å². The number of anilines is 1. The molecular weight excluding hydrogens is 285 g/mol. The number of hydrogen-bond donors (Lipinski definition) is 1. The van der Waals surface area contributed by atoms with E-state index in [-0.39, 0.29) is 17.1 Å². The van der Waals surface area contributed by atoms with Crippen LogP contribution in [0.25, 0.3) is 0 Å². The molecule has 1 N–H and O–H groups in total. The van der Waals surface area contributed by atoms with Crippen LogP contribution in [0.3, 0.4) is 0 Å². The molecule has 0 aliphatic carbocycles. The Bertz CT molecular complexity index is 518. The van der Waals surface area contributed by atoms with Crippen molar-refractivity contribution in [2.45, 2.75) is 6.18 Å². The first-order valence-corrected chi connectivity index (χ1v) is 5.06. The summed E-state index contributed by atoms with van der Waals surface area (Å²) >= 11 is 0. The molecule has 0 aromatic heterocycles. The van der Waals surface area contributed by atoms with Crippen LogP contribution in [0.5, 0.6) is 5.75 Å². The first-order chi connectivity index (χ1) is 9.23. The predicted octanol–water partition coefficient (Wildman–Crippen LogP) is 2.71. The number of rotatable bonds is 4. The zero-order valence-electron chi connectivity index (χ0n) is 10.1. The van der Waals surface area contributed by atoms with E-state index in [0.29, 0.717) is 0 Å². The molecule has 1 amide bonds. The van der Waals surface area contributed by atoms with Crippen LogP contribution in [-0.4, -0.2) is 30.9 Å². The number of non-ortho nitro benzene ring substituents is 1. The van der Waals surface area contributed by atoms with Gasteiger partial charge in [-0.1, -0.05) is 0 Å². The van der Waals surface area contributed by atoms with Crippen LogP contribution in [-0.2, 0) is 4.74 Å². The van der Waals surface area contributed by atoms with E-state index < -0.39 is 23.8 Å². The van der Waals surface area contributed by atoms with Crippen LogP contribution in [0.15, 0.2) is 18.2 Å². The Morgan fingerprint density at radius 3 is 2.60 bits per heavy atom. The van der Waals surface area contributed by atoms with Gasteiger partial charge in [0.1, 0.15) is 5.75 Å². The lowest BCUT2D eigenvalue weighted by Crippen LogP contribution is -2.23. The van der Waals surface area contributed by atoms with Gasteiger partial charge >= 0.3 is 12.3 Å². The maximum Gasteiger partial charge on any atom is 0.422 e. The number of benzene rings is 1. The van der Waals surface area contributed by atoms with Crippen LogP contribution in [0.4, 0.5) is 29.3 Å². The van der Waals surface area contributed by atoms with E-state index in [4.69, 9.17) is 4.74 Å². The Hall–Kier alpha value is -2.52. The maximum atomic E-state index is 11.8. The molecule has 10 heteroatoms. The Labute approximate surface area is 110 Å². The molecule has 0 bridgehead atoms. The molecule has 1 rings (SSSR count). The van der Waals surface area contributed by atoms with E-state index in [9.17, 15) is 28.1 Å². The summed E-state index contributed by atoms with van der Waals surface area (Å²) in [6.07, 6.45) is -5.99. The molecule has 1 aromatic rings. The van der Waals surface area contributed by atoms with Gasteiger partial charge in [0.25, 0.3) is 5.69 Å². The minimum Gasteiger partial charge on any atom is -0.494 e. The van der Waals surface area contributed by atoms with Gasteiger partial charge in [0.05, 0.1) is 23.8 Å². The van der Waals surface area contributed by atoms with Crippen LogP contribution in [0, 0.1) is 10.1 Å². The predicted molar refractivity (Wildman–Crippen MR) is 60.7 cm³/mol. The number of nitro groups is 1. The lowest BCUT2D eigenvalue weighted by atomic mass is 10.2. The monoisotopic (exact) mass is 294 g/mol. The van der Waals surface area contributed by atoms with E-state index in [1.165, 1.54) is 7.11 Å². The van der Waals surface area contributed by atoms with Crippen molar-refractivity contribution in [1.82, 2.24) is 0 Å². The highest BCUT2D eigenvalue weighted by Gasteiger charge is 2.29. The van der Waals surface area contributed by atoms with Crippen LogP contribution in [0.2, 0.25) is 0 Å². The molecule has 20 heavy (non-hydrogen) atoms. The molecule has 110 valence electrons. The average Bonchev–Trinajstić information content (AvgIpc) is 2.35. The van der Waals surface area contributed by atoms with Crippen LogP contribution < -0.4 is 10.1 Å². The Balaban J connectivity index is 2.77. The molecule has 0 fully saturated rings. The fourth-order valence-corrected chi connectivity index (χ4v) is 1.19. The van der Waals surface area contributed by atoms with Gasteiger partial charge in [0.15, 0.2) is 6.61 Å². The molecule has 7 nitrogen and oxygen atoms in total. The topological polar surface area (TPSA) is 90.7 Å². The fraction of sp³-hybridized carbons (Fsp3) is 0.300. The average molecular weight is 294 g/mol. The van der Waals surface area contributed by atoms with Crippen molar-refractivity contribution >= 4 is 17.5 Å². The van der Waals surface area contributed by atoms with Crippen molar-refractivity contribution in [2.24, 2.45) is 0 Å². The molecule has 0 unspecified atom stereocenters. The number of nitrogens with one attached hydrogen (secondary N) is 1. The lowest BCUT2D eigenvalue weighted by molar-refractivity contribution is -0.384. The van der Waals surface area contributed by atoms with Gasteiger partial charge in [-0.25, -0.2) is 4.79 Å². The second kappa shape index (κ2) is 6.08. The Morgan fingerprint density at radius 2 is 2.10 bits per heavy atom. The first-order valence-electron chi connectivity index (χ1n) is 5.06. The molecule has 0 aliphatic heterocycles. The van der Waals surface area contributed by atoms with E-state index >= 15 is 0 Å². The third-order valence-corrected chi connectivity index (χ3v) is 2.00. The number of methoxy groups -OCH3 is 1. The lowest BCUT2D eigenvalue weighted by Gasteiger charge is -2.11. The zero-order valence-corrected chi connectivity index (χ0v) is 10.1. The molecule has 0 radical (unpaired) electrons. The van der Waals surface area contributed by atoms with E-state index in [1.807, 2.05) is 5.32 Å². The summed E-state index contributed by atoms with van der Waals surface area (Å²) in [5.41, 5.74) is -0.346. The Kier molecular flexibility index (Phi) is 4.73. The second-order valence-electron chi connectivity index (χ2n) is 3.46. The second-order valence-corrected chi connectivity index (χ2v) is 3.46. The fourth-order valence-electron chi connectivity index (χ4n) is 1.19. The summed E-state index contributed by atoms with van der Waals surface area (Å²) in [6.45, 7) is -1.74. The number of carbonyl (C=O) groups is 1. The normalized spacial score (nSPS) is 10.8. The third kappa shape index (κ3) is 4.63. The first kappa shape index (κ1) is 15.5. The van der Waals surface area contributed by atoms with Crippen molar-refractivity contribution in [3.63, 3.8) is 0 Å².